The van der Waals surface area contributed by atoms with E-state index >= 15 is 0 Å². The Bertz CT molecular complexity index is 1010. The second-order valence-electron chi connectivity index (χ2n) is 5.99. The number of hydrogen-bond acceptors (Lipinski definition) is 3. The van der Waals surface area contributed by atoms with E-state index in [4.69, 9.17) is 0 Å². The number of hydrogen-bond donors (Lipinski definition) is 1. The minimum Gasteiger partial charge on any atom is -0.305 e. The van der Waals surface area contributed by atoms with Crippen LogP contribution in [-0.4, -0.2) is 20.7 Å². The molecule has 5 nitrogen and oxygen atoms in total. The van der Waals surface area contributed by atoms with E-state index in [2.05, 4.69) is 15.4 Å². The summed E-state index contributed by atoms with van der Waals surface area (Å²) in [5, 5.41) is 6.13. The van der Waals surface area contributed by atoms with E-state index in [1.165, 1.54) is 23.0 Å². The number of aromatic nitrogens is 3. The maximum atomic E-state index is 13.6. The first kappa shape index (κ1) is 19.5. The van der Waals surface area contributed by atoms with Crippen LogP contribution in [0.1, 0.15) is 27.0 Å². The van der Waals surface area contributed by atoms with Crippen LogP contribution in [0, 0.1) is 18.6 Å². The quantitative estimate of drug-likeness (QED) is 0.673. The normalized spacial score (nSPS) is 11.5. The summed E-state index contributed by atoms with van der Waals surface area (Å²) in [6.45, 7) is 1.35. The highest BCUT2D eigenvalue weighted by atomic mass is 19.4. The summed E-state index contributed by atoms with van der Waals surface area (Å²) in [5.74, 6) is -3.45. The fraction of sp³-hybridized carbons (Fsp3) is 0.167. The largest absolute Gasteiger partial charge is 0.416 e. The van der Waals surface area contributed by atoms with Crippen molar-refractivity contribution < 1.29 is 26.7 Å². The lowest BCUT2D eigenvalue weighted by molar-refractivity contribution is -0.138. The van der Waals surface area contributed by atoms with E-state index in [1.807, 2.05) is 0 Å². The van der Waals surface area contributed by atoms with Crippen LogP contribution in [0.3, 0.4) is 0 Å². The molecule has 1 aromatic carbocycles. The van der Waals surface area contributed by atoms with Crippen LogP contribution in [0.4, 0.5) is 27.8 Å². The molecule has 0 saturated heterocycles. The molecular weight excluding hydrogens is 383 g/mol. The predicted octanol–water partition coefficient (Wildman–Crippen LogP) is 4.18. The molecule has 1 amide bonds. The molecule has 0 radical (unpaired) electrons. The molecule has 10 heteroatoms. The zero-order valence-corrected chi connectivity index (χ0v) is 14.4. The van der Waals surface area contributed by atoms with Gasteiger partial charge in [0, 0.05) is 12.3 Å². The summed E-state index contributed by atoms with van der Waals surface area (Å²) in [5.41, 5.74) is -1.16. The topological polar surface area (TPSA) is 59.8 Å². The number of rotatable bonds is 4. The highest BCUT2D eigenvalue weighted by Crippen LogP contribution is 2.33. The van der Waals surface area contributed by atoms with Crippen LogP contribution in [-0.2, 0) is 12.7 Å². The molecule has 3 aromatic rings. The molecule has 28 heavy (non-hydrogen) atoms. The zero-order chi connectivity index (χ0) is 20.5. The Balaban J connectivity index is 1.80. The standard InChI is InChI=1S/C18H13F5N4O/c1-10-2-3-11(12(6-10)18(21,22)23)9-27-5-4-15(26-27)25-17(28)16-13(19)7-24-8-14(16)20/h2-8H,9H2,1H3,(H,25,26,28). The summed E-state index contributed by atoms with van der Waals surface area (Å²) in [4.78, 5) is 15.3. The molecule has 0 atom stereocenters. The third-order valence-corrected chi connectivity index (χ3v) is 3.87. The van der Waals surface area contributed by atoms with Gasteiger partial charge in [0.1, 0.15) is 5.56 Å². The van der Waals surface area contributed by atoms with Gasteiger partial charge in [-0.2, -0.15) is 18.3 Å². The molecule has 3 rings (SSSR count). The Kier molecular flexibility index (Phi) is 5.12. The monoisotopic (exact) mass is 396 g/mol. The second-order valence-corrected chi connectivity index (χ2v) is 5.99. The van der Waals surface area contributed by atoms with Gasteiger partial charge in [0.15, 0.2) is 17.5 Å². The average molecular weight is 396 g/mol. The van der Waals surface area contributed by atoms with Crippen molar-refractivity contribution in [3.63, 3.8) is 0 Å². The molecule has 0 spiro atoms. The van der Waals surface area contributed by atoms with Crippen molar-refractivity contribution in [2.24, 2.45) is 0 Å². The number of nitrogens with one attached hydrogen (secondary N) is 1. The molecule has 0 aliphatic carbocycles. The Morgan fingerprint density at radius 3 is 2.46 bits per heavy atom. The number of pyridine rings is 1. The Hall–Kier alpha value is -3.30. The number of nitrogens with zero attached hydrogens (tertiary/aromatic N) is 3. The smallest absolute Gasteiger partial charge is 0.305 e. The van der Waals surface area contributed by atoms with Gasteiger partial charge in [-0.05, 0) is 18.6 Å². The SMILES string of the molecule is Cc1ccc(Cn2ccc(NC(=O)c3c(F)cncc3F)n2)c(C(F)(F)F)c1. The summed E-state index contributed by atoms with van der Waals surface area (Å²) in [6, 6.07) is 5.23. The van der Waals surface area contributed by atoms with Crippen molar-refractivity contribution in [2.75, 3.05) is 5.32 Å². The van der Waals surface area contributed by atoms with E-state index in [0.29, 0.717) is 18.0 Å². The highest BCUT2D eigenvalue weighted by molar-refractivity contribution is 6.04. The summed E-state index contributed by atoms with van der Waals surface area (Å²) < 4.78 is 68.0. The van der Waals surface area contributed by atoms with Crippen molar-refractivity contribution in [3.8, 4) is 0 Å². The lowest BCUT2D eigenvalue weighted by Crippen LogP contribution is -2.17. The summed E-state index contributed by atoms with van der Waals surface area (Å²) in [6.07, 6.45) is -1.81. The van der Waals surface area contributed by atoms with Crippen molar-refractivity contribution in [3.05, 3.63) is 76.7 Å². The molecular formula is C18H13F5N4O. The Morgan fingerprint density at radius 1 is 1.14 bits per heavy atom. The minimum absolute atomic E-state index is 0.00898. The van der Waals surface area contributed by atoms with Crippen molar-refractivity contribution in [1.29, 1.82) is 0 Å². The van der Waals surface area contributed by atoms with E-state index in [-0.39, 0.29) is 17.9 Å². The van der Waals surface area contributed by atoms with E-state index in [9.17, 15) is 26.7 Å². The van der Waals surface area contributed by atoms with Crippen LogP contribution in [0.2, 0.25) is 0 Å². The maximum absolute atomic E-state index is 13.6. The third kappa shape index (κ3) is 4.16. The molecule has 1 N–H and O–H groups in total. The molecule has 0 unspecified atom stereocenters. The van der Waals surface area contributed by atoms with Crippen LogP contribution in [0.25, 0.3) is 0 Å². The number of aryl methyl sites for hydroxylation is 1. The molecule has 0 aliphatic heterocycles. The molecule has 2 heterocycles. The first-order chi connectivity index (χ1) is 13.1. The zero-order valence-electron chi connectivity index (χ0n) is 14.4. The van der Waals surface area contributed by atoms with Crippen LogP contribution in [0.5, 0.6) is 0 Å². The maximum Gasteiger partial charge on any atom is 0.416 e. The number of benzene rings is 1. The minimum atomic E-state index is -4.53. The number of anilines is 1. The van der Waals surface area contributed by atoms with Gasteiger partial charge in [-0.1, -0.05) is 17.7 Å². The Morgan fingerprint density at radius 2 is 1.82 bits per heavy atom. The van der Waals surface area contributed by atoms with Crippen LogP contribution in [0.15, 0.2) is 42.9 Å². The van der Waals surface area contributed by atoms with E-state index < -0.39 is 34.8 Å². The summed E-state index contributed by atoms with van der Waals surface area (Å²) >= 11 is 0. The number of alkyl halides is 3. The molecule has 0 aliphatic rings. The molecule has 0 saturated carbocycles. The number of amides is 1. The Labute approximate surface area is 155 Å². The lowest BCUT2D eigenvalue weighted by atomic mass is 10.0. The van der Waals surface area contributed by atoms with Gasteiger partial charge in [0.05, 0.1) is 24.5 Å². The fourth-order valence-electron chi connectivity index (χ4n) is 2.59. The van der Waals surface area contributed by atoms with Gasteiger partial charge in [-0.3, -0.25) is 14.5 Å². The van der Waals surface area contributed by atoms with Gasteiger partial charge in [0.25, 0.3) is 5.91 Å². The van der Waals surface area contributed by atoms with Crippen LogP contribution >= 0.6 is 0 Å². The first-order valence-corrected chi connectivity index (χ1v) is 7.95. The summed E-state index contributed by atoms with van der Waals surface area (Å²) in [7, 11) is 0. The van der Waals surface area contributed by atoms with Gasteiger partial charge in [-0.15, -0.1) is 0 Å². The molecule has 0 fully saturated rings. The second kappa shape index (κ2) is 7.37. The van der Waals surface area contributed by atoms with Gasteiger partial charge in [-0.25, -0.2) is 8.78 Å². The molecule has 146 valence electrons. The van der Waals surface area contributed by atoms with E-state index in [1.54, 1.807) is 13.0 Å². The average Bonchev–Trinajstić information content (AvgIpc) is 3.02. The molecule has 2 aromatic heterocycles. The van der Waals surface area contributed by atoms with Gasteiger partial charge >= 0.3 is 6.18 Å². The predicted molar refractivity (Wildman–Crippen MR) is 89.6 cm³/mol. The van der Waals surface area contributed by atoms with Gasteiger partial charge < -0.3 is 5.32 Å². The molecule has 0 bridgehead atoms. The number of carbonyl (C=O) groups excluding carboxylic acids is 1. The lowest BCUT2D eigenvalue weighted by Gasteiger charge is -2.13. The first-order valence-electron chi connectivity index (χ1n) is 7.95. The van der Waals surface area contributed by atoms with Crippen molar-refractivity contribution >= 4 is 11.7 Å². The number of halogens is 5. The highest BCUT2D eigenvalue weighted by Gasteiger charge is 2.33. The fourth-order valence-corrected chi connectivity index (χ4v) is 2.59. The third-order valence-electron chi connectivity index (χ3n) is 3.87. The van der Waals surface area contributed by atoms with E-state index in [0.717, 1.165) is 6.07 Å². The van der Waals surface area contributed by atoms with Crippen molar-refractivity contribution in [1.82, 2.24) is 14.8 Å². The van der Waals surface area contributed by atoms with Crippen LogP contribution < -0.4 is 5.32 Å². The van der Waals surface area contributed by atoms with Gasteiger partial charge in [0.2, 0.25) is 0 Å². The number of carbonyl (C=O) groups is 1. The van der Waals surface area contributed by atoms with Crippen molar-refractivity contribution in [2.45, 2.75) is 19.6 Å².